The van der Waals surface area contributed by atoms with E-state index in [4.69, 9.17) is 0 Å². The summed E-state index contributed by atoms with van der Waals surface area (Å²) < 4.78 is 1.18. The van der Waals surface area contributed by atoms with Gasteiger partial charge in [0, 0.05) is 0 Å². The quantitative estimate of drug-likeness (QED) is 0.711. The maximum absolute atomic E-state index is 11.7. The Morgan fingerprint density at radius 1 is 1.27 bits per heavy atom. The lowest BCUT2D eigenvalue weighted by molar-refractivity contribution is 0.451. The molecule has 5 heteroatoms. The minimum Gasteiger partial charge on any atom is -0.505 e. The smallest absolute Gasteiger partial charge is 0.288 e. The molecule has 0 unspecified atom stereocenters. The molecule has 2 rings (SSSR count). The summed E-state index contributed by atoms with van der Waals surface area (Å²) in [7, 11) is 0. The van der Waals surface area contributed by atoms with E-state index in [-0.39, 0.29) is 10.6 Å². The second kappa shape index (κ2) is 3.78. The number of benzene rings is 1. The van der Waals surface area contributed by atoms with Gasteiger partial charge in [0.1, 0.15) is 4.90 Å². The van der Waals surface area contributed by atoms with Crippen LogP contribution in [0.5, 0.6) is 5.75 Å². The predicted molar refractivity (Wildman–Crippen MR) is 58.8 cm³/mol. The fourth-order valence-electron chi connectivity index (χ4n) is 1.19. The molecule has 0 aliphatic heterocycles. The van der Waals surface area contributed by atoms with Crippen molar-refractivity contribution in [2.45, 2.75) is 4.90 Å². The summed E-state index contributed by atoms with van der Waals surface area (Å²) in [5.41, 5.74) is 0.197. The normalized spacial score (nSPS) is 10.2. The Kier molecular flexibility index (Phi) is 2.47. The van der Waals surface area contributed by atoms with E-state index in [0.29, 0.717) is 5.69 Å². The minimum absolute atomic E-state index is 0.00569. The van der Waals surface area contributed by atoms with Gasteiger partial charge in [-0.2, -0.15) is 9.78 Å². The molecule has 0 aliphatic rings. The molecule has 0 bridgehead atoms. The molecule has 0 fully saturated rings. The van der Waals surface area contributed by atoms with Gasteiger partial charge in [-0.15, -0.1) is 12.6 Å². The van der Waals surface area contributed by atoms with Crippen molar-refractivity contribution in [3.63, 3.8) is 0 Å². The third kappa shape index (κ3) is 1.73. The van der Waals surface area contributed by atoms with Gasteiger partial charge in [0.05, 0.1) is 11.9 Å². The topological polar surface area (TPSA) is 55.1 Å². The zero-order chi connectivity index (χ0) is 10.8. The van der Waals surface area contributed by atoms with Crippen molar-refractivity contribution in [2.24, 2.45) is 0 Å². The van der Waals surface area contributed by atoms with Gasteiger partial charge in [-0.1, -0.05) is 18.2 Å². The maximum atomic E-state index is 11.7. The summed E-state index contributed by atoms with van der Waals surface area (Å²) in [5, 5.41) is 13.0. The van der Waals surface area contributed by atoms with Crippen molar-refractivity contribution in [3.05, 3.63) is 46.9 Å². The second-order valence-electron chi connectivity index (χ2n) is 2.93. The van der Waals surface area contributed by atoms with Gasteiger partial charge in [0.15, 0.2) is 5.75 Å². The van der Waals surface area contributed by atoms with Crippen molar-refractivity contribution < 1.29 is 5.11 Å². The van der Waals surface area contributed by atoms with Gasteiger partial charge in [0.2, 0.25) is 0 Å². The van der Waals surface area contributed by atoms with Crippen LogP contribution >= 0.6 is 12.6 Å². The van der Waals surface area contributed by atoms with E-state index in [9.17, 15) is 9.90 Å². The Morgan fingerprint density at radius 2 is 1.93 bits per heavy atom. The summed E-state index contributed by atoms with van der Waals surface area (Å²) in [6.07, 6.45) is 1.19. The van der Waals surface area contributed by atoms with Crippen LogP contribution in [0.3, 0.4) is 0 Å². The van der Waals surface area contributed by atoms with E-state index in [0.717, 1.165) is 0 Å². The van der Waals surface area contributed by atoms with Gasteiger partial charge in [-0.25, -0.2) is 0 Å². The van der Waals surface area contributed by atoms with E-state index in [1.165, 1.54) is 10.9 Å². The van der Waals surface area contributed by atoms with E-state index in [1.54, 1.807) is 24.3 Å². The lowest BCUT2D eigenvalue weighted by Crippen LogP contribution is -2.21. The Balaban J connectivity index is 2.66. The molecule has 0 spiro atoms. The zero-order valence-corrected chi connectivity index (χ0v) is 8.56. The number of para-hydroxylation sites is 1. The average Bonchev–Trinajstić information content (AvgIpc) is 2.27. The highest BCUT2D eigenvalue weighted by molar-refractivity contribution is 7.80. The fourth-order valence-corrected chi connectivity index (χ4v) is 1.34. The van der Waals surface area contributed by atoms with Crippen molar-refractivity contribution in [1.29, 1.82) is 0 Å². The highest BCUT2D eigenvalue weighted by Crippen LogP contribution is 2.14. The van der Waals surface area contributed by atoms with E-state index >= 15 is 0 Å². The standard InChI is InChI=1S/C10H8N2O2S/c13-8-6-11-12(10(14)9(8)15)7-4-2-1-3-5-7/h1-6,13,15H. The van der Waals surface area contributed by atoms with Crippen LogP contribution in [0, 0.1) is 0 Å². The first-order valence-electron chi connectivity index (χ1n) is 4.26. The van der Waals surface area contributed by atoms with Gasteiger partial charge in [-0.3, -0.25) is 4.79 Å². The number of aromatic hydroxyl groups is 1. The Morgan fingerprint density at radius 3 is 2.60 bits per heavy atom. The first kappa shape index (κ1) is 9.79. The van der Waals surface area contributed by atoms with Crippen LogP contribution in [0.4, 0.5) is 0 Å². The van der Waals surface area contributed by atoms with Gasteiger partial charge in [-0.05, 0) is 12.1 Å². The van der Waals surface area contributed by atoms with Crippen LogP contribution in [0.25, 0.3) is 5.69 Å². The molecule has 0 aliphatic carbocycles. The molecule has 4 nitrogen and oxygen atoms in total. The van der Waals surface area contributed by atoms with Gasteiger partial charge < -0.3 is 5.11 Å². The summed E-state index contributed by atoms with van der Waals surface area (Å²) >= 11 is 3.91. The van der Waals surface area contributed by atoms with Gasteiger partial charge in [0.25, 0.3) is 5.56 Å². The lowest BCUT2D eigenvalue weighted by Gasteiger charge is -2.04. The number of hydrogen-bond acceptors (Lipinski definition) is 4. The fraction of sp³-hybridized carbons (Fsp3) is 0. The molecule has 1 aromatic carbocycles. The maximum Gasteiger partial charge on any atom is 0.288 e. The first-order chi connectivity index (χ1) is 7.20. The summed E-state index contributed by atoms with van der Waals surface area (Å²) in [5.74, 6) is -0.212. The third-order valence-corrected chi connectivity index (χ3v) is 2.35. The van der Waals surface area contributed by atoms with Crippen LogP contribution in [0.15, 0.2) is 46.2 Å². The van der Waals surface area contributed by atoms with Gasteiger partial charge >= 0.3 is 0 Å². The lowest BCUT2D eigenvalue weighted by atomic mass is 10.3. The highest BCUT2D eigenvalue weighted by Gasteiger charge is 2.07. The Hall–Kier alpha value is -1.75. The second-order valence-corrected chi connectivity index (χ2v) is 3.38. The molecule has 76 valence electrons. The zero-order valence-electron chi connectivity index (χ0n) is 7.66. The Bertz CT molecular complexity index is 537. The molecule has 0 saturated carbocycles. The minimum atomic E-state index is -0.440. The molecular weight excluding hydrogens is 212 g/mol. The average molecular weight is 220 g/mol. The van der Waals surface area contributed by atoms with E-state index < -0.39 is 5.56 Å². The Labute approximate surface area is 91.2 Å². The van der Waals surface area contributed by atoms with E-state index in [2.05, 4.69) is 17.7 Å². The third-order valence-electron chi connectivity index (χ3n) is 1.93. The SMILES string of the molecule is O=c1c(S)c(O)cnn1-c1ccccc1. The van der Waals surface area contributed by atoms with Crippen LogP contribution in [-0.4, -0.2) is 14.9 Å². The van der Waals surface area contributed by atoms with Crippen LogP contribution in [-0.2, 0) is 0 Å². The molecule has 0 saturated heterocycles. The van der Waals surface area contributed by atoms with E-state index in [1.807, 2.05) is 6.07 Å². The molecule has 0 radical (unpaired) electrons. The van der Waals surface area contributed by atoms with Crippen LogP contribution in [0.2, 0.25) is 0 Å². The monoisotopic (exact) mass is 220 g/mol. The summed E-state index contributed by atoms with van der Waals surface area (Å²) in [6.45, 7) is 0. The number of rotatable bonds is 1. The first-order valence-corrected chi connectivity index (χ1v) is 4.70. The van der Waals surface area contributed by atoms with Crippen molar-refractivity contribution in [3.8, 4) is 11.4 Å². The molecule has 1 N–H and O–H groups in total. The molecule has 0 atom stereocenters. The number of hydrogen-bond donors (Lipinski definition) is 2. The summed E-state index contributed by atoms with van der Waals surface area (Å²) in [6, 6.07) is 8.94. The largest absolute Gasteiger partial charge is 0.505 e. The number of aromatic nitrogens is 2. The molecular formula is C10H8N2O2S. The number of thiol groups is 1. The van der Waals surface area contributed by atoms with Crippen LogP contribution < -0.4 is 5.56 Å². The molecule has 15 heavy (non-hydrogen) atoms. The molecule has 1 heterocycles. The molecule has 1 aromatic heterocycles. The summed E-state index contributed by atoms with van der Waals surface area (Å²) in [4.78, 5) is 11.6. The molecule has 0 amide bonds. The van der Waals surface area contributed by atoms with Crippen LogP contribution in [0.1, 0.15) is 0 Å². The van der Waals surface area contributed by atoms with Crippen molar-refractivity contribution in [1.82, 2.24) is 9.78 Å². The van der Waals surface area contributed by atoms with Crippen molar-refractivity contribution >= 4 is 12.6 Å². The highest BCUT2D eigenvalue weighted by atomic mass is 32.1. The predicted octanol–water partition coefficient (Wildman–Crippen LogP) is 1.23. The number of nitrogens with zero attached hydrogens (tertiary/aromatic N) is 2. The van der Waals surface area contributed by atoms with Crippen molar-refractivity contribution in [2.75, 3.05) is 0 Å². The molecule has 2 aromatic rings.